The van der Waals surface area contributed by atoms with E-state index in [0.717, 1.165) is 39.3 Å². The van der Waals surface area contributed by atoms with E-state index in [1.54, 1.807) is 0 Å². The number of benzene rings is 1. The van der Waals surface area contributed by atoms with Crippen LogP contribution in [0.1, 0.15) is 18.9 Å². The summed E-state index contributed by atoms with van der Waals surface area (Å²) in [6.45, 7) is 7.53. The molecule has 2 atom stereocenters. The first-order valence-electron chi connectivity index (χ1n) is 7.36. The molecule has 1 aromatic rings. The van der Waals surface area contributed by atoms with Crippen LogP contribution in [-0.2, 0) is 11.2 Å². The van der Waals surface area contributed by atoms with Crippen molar-refractivity contribution in [3.63, 3.8) is 0 Å². The minimum atomic E-state index is 0.261. The first kappa shape index (κ1) is 13.1. The molecule has 0 aromatic heterocycles. The molecule has 2 aliphatic rings. The Morgan fingerprint density at radius 2 is 2.21 bits per heavy atom. The first-order valence-corrected chi connectivity index (χ1v) is 7.36. The molecule has 2 aliphatic heterocycles. The van der Waals surface area contributed by atoms with Gasteiger partial charge in [0.25, 0.3) is 0 Å². The Hall–Kier alpha value is -0.900. The second-order valence-electron chi connectivity index (χ2n) is 6.09. The van der Waals surface area contributed by atoms with Crippen LogP contribution < -0.4 is 5.32 Å². The minimum Gasteiger partial charge on any atom is -0.379 e. The SMILES string of the molecule is CC1(N2CCNC(Cc3ccccc3)C2)CCOC1. The van der Waals surface area contributed by atoms with Gasteiger partial charge in [-0.2, -0.15) is 0 Å². The molecule has 1 aromatic carbocycles. The summed E-state index contributed by atoms with van der Waals surface area (Å²) in [6, 6.07) is 11.3. The van der Waals surface area contributed by atoms with Crippen molar-refractivity contribution in [2.45, 2.75) is 31.3 Å². The zero-order chi connectivity index (χ0) is 13.1. The van der Waals surface area contributed by atoms with E-state index in [9.17, 15) is 0 Å². The van der Waals surface area contributed by atoms with E-state index < -0.39 is 0 Å². The molecule has 2 saturated heterocycles. The van der Waals surface area contributed by atoms with Crippen molar-refractivity contribution in [1.29, 1.82) is 0 Å². The molecule has 104 valence electrons. The Kier molecular flexibility index (Phi) is 3.87. The van der Waals surface area contributed by atoms with Gasteiger partial charge in [0.1, 0.15) is 0 Å². The topological polar surface area (TPSA) is 24.5 Å². The highest BCUT2D eigenvalue weighted by atomic mass is 16.5. The van der Waals surface area contributed by atoms with Crippen LogP contribution in [0.3, 0.4) is 0 Å². The van der Waals surface area contributed by atoms with Crippen LogP contribution in [0.5, 0.6) is 0 Å². The van der Waals surface area contributed by atoms with Gasteiger partial charge in [0.2, 0.25) is 0 Å². The molecule has 19 heavy (non-hydrogen) atoms. The summed E-state index contributed by atoms with van der Waals surface area (Å²) in [5, 5.41) is 3.66. The van der Waals surface area contributed by atoms with Crippen molar-refractivity contribution in [3.05, 3.63) is 35.9 Å². The Morgan fingerprint density at radius 3 is 2.95 bits per heavy atom. The highest BCUT2D eigenvalue weighted by molar-refractivity contribution is 5.16. The van der Waals surface area contributed by atoms with Gasteiger partial charge in [-0.25, -0.2) is 0 Å². The summed E-state index contributed by atoms with van der Waals surface area (Å²) in [5.41, 5.74) is 1.69. The van der Waals surface area contributed by atoms with Crippen molar-refractivity contribution in [2.24, 2.45) is 0 Å². The molecule has 0 saturated carbocycles. The van der Waals surface area contributed by atoms with Crippen LogP contribution in [0, 0.1) is 0 Å². The van der Waals surface area contributed by atoms with Crippen LogP contribution in [0.15, 0.2) is 30.3 Å². The summed E-state index contributed by atoms with van der Waals surface area (Å²) in [7, 11) is 0. The summed E-state index contributed by atoms with van der Waals surface area (Å²) < 4.78 is 5.60. The van der Waals surface area contributed by atoms with Gasteiger partial charge in [0, 0.05) is 37.8 Å². The van der Waals surface area contributed by atoms with Gasteiger partial charge in [0.15, 0.2) is 0 Å². The standard InChI is InChI=1S/C16H24N2O/c1-16(7-10-19-13-16)18-9-8-17-15(12-18)11-14-5-3-2-4-6-14/h2-6,15,17H,7-13H2,1H3. The van der Waals surface area contributed by atoms with E-state index in [-0.39, 0.29) is 5.54 Å². The number of piperazine rings is 1. The second kappa shape index (κ2) is 5.61. The third-order valence-electron chi connectivity index (χ3n) is 4.54. The van der Waals surface area contributed by atoms with Crippen LogP contribution in [0.4, 0.5) is 0 Å². The molecule has 2 heterocycles. The third kappa shape index (κ3) is 2.99. The van der Waals surface area contributed by atoms with Crippen molar-refractivity contribution >= 4 is 0 Å². The van der Waals surface area contributed by atoms with E-state index in [1.807, 2.05) is 0 Å². The lowest BCUT2D eigenvalue weighted by molar-refractivity contribution is 0.0543. The van der Waals surface area contributed by atoms with E-state index in [4.69, 9.17) is 4.74 Å². The normalized spacial score (nSPS) is 32.6. The zero-order valence-corrected chi connectivity index (χ0v) is 11.8. The predicted molar refractivity (Wildman–Crippen MR) is 77.4 cm³/mol. The molecule has 0 amide bonds. The Morgan fingerprint density at radius 1 is 1.37 bits per heavy atom. The van der Waals surface area contributed by atoms with Crippen LogP contribution in [-0.4, -0.2) is 49.3 Å². The lowest BCUT2D eigenvalue weighted by atomic mass is 9.95. The highest BCUT2D eigenvalue weighted by Crippen LogP contribution is 2.26. The maximum atomic E-state index is 5.60. The molecule has 2 fully saturated rings. The van der Waals surface area contributed by atoms with Crippen molar-refractivity contribution < 1.29 is 4.74 Å². The summed E-state index contributed by atoms with van der Waals surface area (Å²) >= 11 is 0. The van der Waals surface area contributed by atoms with Crippen molar-refractivity contribution in [1.82, 2.24) is 10.2 Å². The zero-order valence-electron chi connectivity index (χ0n) is 11.8. The molecule has 0 radical (unpaired) electrons. The number of hydrogen-bond donors (Lipinski definition) is 1. The molecule has 1 N–H and O–H groups in total. The third-order valence-corrected chi connectivity index (χ3v) is 4.54. The highest BCUT2D eigenvalue weighted by Gasteiger charge is 2.38. The van der Waals surface area contributed by atoms with Gasteiger partial charge in [-0.1, -0.05) is 30.3 Å². The van der Waals surface area contributed by atoms with Crippen molar-refractivity contribution in [3.8, 4) is 0 Å². The van der Waals surface area contributed by atoms with E-state index >= 15 is 0 Å². The summed E-state index contributed by atoms with van der Waals surface area (Å²) in [6.07, 6.45) is 2.29. The molecule has 0 aliphatic carbocycles. The lowest BCUT2D eigenvalue weighted by Gasteiger charge is -2.43. The molecule has 3 heteroatoms. The average Bonchev–Trinajstić information content (AvgIpc) is 2.89. The Balaban J connectivity index is 1.62. The Bertz CT molecular complexity index is 400. The smallest absolute Gasteiger partial charge is 0.0648 e. The maximum absolute atomic E-state index is 5.60. The molecule has 0 spiro atoms. The molecule has 2 unspecified atom stereocenters. The van der Waals surface area contributed by atoms with Crippen LogP contribution in [0.25, 0.3) is 0 Å². The molecule has 3 nitrogen and oxygen atoms in total. The summed E-state index contributed by atoms with van der Waals surface area (Å²) in [4.78, 5) is 2.63. The number of nitrogens with zero attached hydrogens (tertiary/aromatic N) is 1. The lowest BCUT2D eigenvalue weighted by Crippen LogP contribution is -2.59. The quantitative estimate of drug-likeness (QED) is 0.895. The first-order chi connectivity index (χ1) is 9.26. The Labute approximate surface area is 115 Å². The largest absolute Gasteiger partial charge is 0.379 e. The number of ether oxygens (including phenoxy) is 1. The van der Waals surface area contributed by atoms with Crippen LogP contribution >= 0.6 is 0 Å². The van der Waals surface area contributed by atoms with Gasteiger partial charge < -0.3 is 10.1 Å². The summed E-state index contributed by atoms with van der Waals surface area (Å²) in [5.74, 6) is 0. The molecular weight excluding hydrogens is 236 g/mol. The van der Waals surface area contributed by atoms with Gasteiger partial charge in [-0.3, -0.25) is 4.90 Å². The molecular formula is C16H24N2O. The van der Waals surface area contributed by atoms with Gasteiger partial charge in [-0.15, -0.1) is 0 Å². The number of hydrogen-bond acceptors (Lipinski definition) is 3. The van der Waals surface area contributed by atoms with Gasteiger partial charge in [0.05, 0.1) is 6.61 Å². The van der Waals surface area contributed by atoms with E-state index in [0.29, 0.717) is 6.04 Å². The fourth-order valence-corrected chi connectivity index (χ4v) is 3.26. The van der Waals surface area contributed by atoms with E-state index in [2.05, 4.69) is 47.5 Å². The van der Waals surface area contributed by atoms with Gasteiger partial charge in [-0.05, 0) is 25.3 Å². The van der Waals surface area contributed by atoms with Gasteiger partial charge >= 0.3 is 0 Å². The number of nitrogens with one attached hydrogen (secondary N) is 1. The fourth-order valence-electron chi connectivity index (χ4n) is 3.26. The monoisotopic (exact) mass is 260 g/mol. The fraction of sp³-hybridized carbons (Fsp3) is 0.625. The molecule has 0 bridgehead atoms. The van der Waals surface area contributed by atoms with Crippen molar-refractivity contribution in [2.75, 3.05) is 32.8 Å². The minimum absolute atomic E-state index is 0.261. The second-order valence-corrected chi connectivity index (χ2v) is 6.09. The predicted octanol–water partition coefficient (Wildman–Crippen LogP) is 1.68. The number of rotatable bonds is 3. The molecule has 3 rings (SSSR count). The average molecular weight is 260 g/mol. The van der Waals surface area contributed by atoms with E-state index in [1.165, 1.54) is 12.0 Å². The maximum Gasteiger partial charge on any atom is 0.0648 e. The van der Waals surface area contributed by atoms with Crippen LogP contribution in [0.2, 0.25) is 0 Å².